The summed E-state index contributed by atoms with van der Waals surface area (Å²) >= 11 is 0. The lowest BCUT2D eigenvalue weighted by atomic mass is 9.93. The van der Waals surface area contributed by atoms with Crippen molar-refractivity contribution in [1.82, 2.24) is 29.2 Å². The van der Waals surface area contributed by atoms with E-state index in [1.165, 1.54) is 5.56 Å². The molecule has 2 fully saturated rings. The summed E-state index contributed by atoms with van der Waals surface area (Å²) in [5, 5.41) is 14.4. The second-order valence-electron chi connectivity index (χ2n) is 10.7. The van der Waals surface area contributed by atoms with Crippen molar-refractivity contribution in [1.29, 1.82) is 0 Å². The number of hydrogen-bond donors (Lipinski definition) is 2. The van der Waals surface area contributed by atoms with E-state index in [-0.39, 0.29) is 18.1 Å². The van der Waals surface area contributed by atoms with Gasteiger partial charge in [0.25, 0.3) is 5.91 Å². The Kier molecular flexibility index (Phi) is 7.16. The summed E-state index contributed by atoms with van der Waals surface area (Å²) in [7, 11) is 1.85. The molecule has 10 heteroatoms. The number of rotatable bonds is 5. The molecule has 0 bridgehead atoms. The van der Waals surface area contributed by atoms with Crippen LogP contribution in [0.5, 0.6) is 0 Å². The van der Waals surface area contributed by atoms with Gasteiger partial charge in [0.1, 0.15) is 0 Å². The van der Waals surface area contributed by atoms with Crippen LogP contribution in [0.4, 0.5) is 0 Å². The highest BCUT2D eigenvalue weighted by Crippen LogP contribution is 2.30. The number of imidazole rings is 1. The van der Waals surface area contributed by atoms with Gasteiger partial charge < -0.3 is 19.4 Å². The van der Waals surface area contributed by atoms with Crippen LogP contribution in [-0.2, 0) is 18.3 Å². The van der Waals surface area contributed by atoms with Crippen LogP contribution in [0, 0.1) is 6.92 Å². The molecule has 204 valence electrons. The number of H-pyrrole nitrogens is 1. The molecule has 6 rings (SSSR count). The Morgan fingerprint density at radius 2 is 1.95 bits per heavy atom. The van der Waals surface area contributed by atoms with Gasteiger partial charge in [-0.05, 0) is 62.4 Å². The number of aliphatic hydroxyl groups is 1. The van der Waals surface area contributed by atoms with Gasteiger partial charge in [-0.25, -0.2) is 0 Å². The van der Waals surface area contributed by atoms with Gasteiger partial charge in [0.15, 0.2) is 0 Å². The third-order valence-electron chi connectivity index (χ3n) is 7.74. The van der Waals surface area contributed by atoms with E-state index in [1.807, 2.05) is 20.2 Å². The van der Waals surface area contributed by atoms with Crippen molar-refractivity contribution in [2.45, 2.75) is 51.3 Å². The maximum atomic E-state index is 13.5. The molecule has 0 spiro atoms. The van der Waals surface area contributed by atoms with Crippen LogP contribution in [-0.4, -0.2) is 72.6 Å². The van der Waals surface area contributed by atoms with Crippen molar-refractivity contribution in [3.05, 3.63) is 65.2 Å². The lowest BCUT2D eigenvalue weighted by Crippen LogP contribution is -2.35. The lowest BCUT2D eigenvalue weighted by Gasteiger charge is -2.27. The molecule has 1 aliphatic heterocycles. The molecule has 1 amide bonds. The summed E-state index contributed by atoms with van der Waals surface area (Å²) in [6, 6.07) is 10.2. The average molecular weight is 530 g/mol. The molecule has 10 nitrogen and oxygen atoms in total. The minimum Gasteiger partial charge on any atom is -0.393 e. The topological polar surface area (TPSA) is 114 Å². The monoisotopic (exact) mass is 529 g/mol. The van der Waals surface area contributed by atoms with Crippen molar-refractivity contribution < 1.29 is 14.6 Å². The van der Waals surface area contributed by atoms with Gasteiger partial charge >= 0.3 is 0 Å². The maximum absolute atomic E-state index is 13.5. The molecular weight excluding hydrogens is 494 g/mol. The number of carbonyl (C=O) groups is 1. The third kappa shape index (κ3) is 5.59. The van der Waals surface area contributed by atoms with Crippen LogP contribution in [0.2, 0.25) is 0 Å². The molecule has 1 aromatic carbocycles. The Bertz CT molecular complexity index is 1550. The first kappa shape index (κ1) is 25.7. The highest BCUT2D eigenvalue weighted by Gasteiger charge is 2.24. The number of carbonyl (C=O) groups excluding carboxylic acids is 1. The van der Waals surface area contributed by atoms with Gasteiger partial charge in [-0.15, -0.1) is 0 Å². The number of aromatic nitrogens is 5. The first-order valence-electron chi connectivity index (χ1n) is 13.7. The molecule has 4 heterocycles. The number of amides is 1. The number of nitrogens with zero attached hydrogens (tertiary/aromatic N) is 6. The van der Waals surface area contributed by atoms with Crippen LogP contribution in [0.15, 0.2) is 47.7 Å². The number of aryl methyl sites for hydroxylation is 2. The van der Waals surface area contributed by atoms with Crippen molar-refractivity contribution in [3.63, 3.8) is 0 Å². The summed E-state index contributed by atoms with van der Waals surface area (Å²) in [5.74, 6) is -0.324. The van der Waals surface area contributed by atoms with E-state index in [0.29, 0.717) is 16.9 Å². The Balaban J connectivity index is 1.39. The Hall–Kier alpha value is -3.60. The molecule has 0 unspecified atom stereocenters. The van der Waals surface area contributed by atoms with Crippen LogP contribution >= 0.6 is 0 Å². The molecule has 3 aromatic heterocycles. The molecule has 1 saturated carbocycles. The number of benzene rings is 1. The number of aromatic amines is 1. The smallest absolute Gasteiger partial charge is 0.280 e. The second-order valence-corrected chi connectivity index (χ2v) is 10.7. The molecule has 1 saturated heterocycles. The highest BCUT2D eigenvalue weighted by atomic mass is 16.5. The van der Waals surface area contributed by atoms with Crippen LogP contribution in [0.1, 0.15) is 53.3 Å². The van der Waals surface area contributed by atoms with E-state index in [4.69, 9.17) is 4.74 Å². The molecule has 39 heavy (non-hydrogen) atoms. The van der Waals surface area contributed by atoms with Crippen molar-refractivity contribution >= 4 is 16.9 Å². The van der Waals surface area contributed by atoms with Crippen LogP contribution in [0.3, 0.4) is 0 Å². The van der Waals surface area contributed by atoms with E-state index in [1.54, 1.807) is 23.0 Å². The van der Waals surface area contributed by atoms with Gasteiger partial charge in [0, 0.05) is 55.7 Å². The SMILES string of the molecule is Cc1cc(C(=O)/N=c2\[nH]c3cc(CN4CCOCC4)ccc3n2[C@H]2CC[C@@H](O)CC2)cc(-c2cnn(C)c2)n1. The minimum atomic E-state index is -0.324. The van der Waals surface area contributed by atoms with Gasteiger partial charge in [-0.3, -0.25) is 19.4 Å². The number of hydrogen-bond acceptors (Lipinski definition) is 6. The van der Waals surface area contributed by atoms with E-state index in [2.05, 4.69) is 47.7 Å². The largest absolute Gasteiger partial charge is 0.393 e. The number of fused-ring (bicyclic) bond motifs is 1. The molecule has 4 aromatic rings. The molecule has 0 radical (unpaired) electrons. The predicted octanol–water partition coefficient (Wildman–Crippen LogP) is 3.12. The Morgan fingerprint density at radius 3 is 2.69 bits per heavy atom. The minimum absolute atomic E-state index is 0.156. The molecule has 2 N–H and O–H groups in total. The fraction of sp³-hybridized carbons (Fsp3) is 0.448. The zero-order valence-corrected chi connectivity index (χ0v) is 22.5. The van der Waals surface area contributed by atoms with Gasteiger partial charge in [-0.1, -0.05) is 6.07 Å². The van der Waals surface area contributed by atoms with E-state index in [9.17, 15) is 9.90 Å². The first-order valence-corrected chi connectivity index (χ1v) is 13.7. The normalized spacial score (nSPS) is 21.1. The van der Waals surface area contributed by atoms with Gasteiger partial charge in [-0.2, -0.15) is 10.1 Å². The zero-order valence-electron chi connectivity index (χ0n) is 22.5. The third-order valence-corrected chi connectivity index (χ3v) is 7.74. The fourth-order valence-corrected chi connectivity index (χ4v) is 5.73. The maximum Gasteiger partial charge on any atom is 0.280 e. The summed E-state index contributed by atoms with van der Waals surface area (Å²) < 4.78 is 9.37. The number of pyridine rings is 1. The predicted molar refractivity (Wildman–Crippen MR) is 147 cm³/mol. The number of ether oxygens (including phenoxy) is 1. The van der Waals surface area contributed by atoms with E-state index < -0.39 is 0 Å². The van der Waals surface area contributed by atoms with E-state index in [0.717, 1.165) is 80.8 Å². The average Bonchev–Trinajstić information content (AvgIpc) is 3.52. The summed E-state index contributed by atoms with van der Waals surface area (Å²) in [6.45, 7) is 6.11. The molecule has 0 atom stereocenters. The highest BCUT2D eigenvalue weighted by molar-refractivity contribution is 5.96. The summed E-state index contributed by atoms with van der Waals surface area (Å²) in [5.41, 5.74) is 6.51. The van der Waals surface area contributed by atoms with Gasteiger partial charge in [0.2, 0.25) is 5.62 Å². The Morgan fingerprint density at radius 1 is 1.15 bits per heavy atom. The van der Waals surface area contributed by atoms with Crippen molar-refractivity contribution in [2.75, 3.05) is 26.3 Å². The second kappa shape index (κ2) is 10.9. The summed E-state index contributed by atoms with van der Waals surface area (Å²) in [4.78, 5) is 28.6. The van der Waals surface area contributed by atoms with Crippen LogP contribution in [0.25, 0.3) is 22.3 Å². The van der Waals surface area contributed by atoms with Crippen molar-refractivity contribution in [2.24, 2.45) is 12.0 Å². The lowest BCUT2D eigenvalue weighted by molar-refractivity contribution is 0.0342. The van der Waals surface area contributed by atoms with E-state index >= 15 is 0 Å². The first-order chi connectivity index (χ1) is 18.9. The standard InChI is InChI=1S/C29H35N7O3/c1-19-13-21(15-25(31-19)22-16-30-34(2)18-22)28(38)33-29-32-26-14-20(17-35-9-11-39-12-10-35)3-8-27(26)36(29)23-4-6-24(37)7-5-23/h3,8,13-16,18,23-24,37H,4-7,9-12,17H2,1-2H3,(H,32,33,38)/t23-,24+. The Labute approximate surface area is 227 Å². The van der Waals surface area contributed by atoms with Crippen LogP contribution < -0.4 is 5.62 Å². The molecular formula is C29H35N7O3. The number of nitrogens with one attached hydrogen (secondary N) is 1. The van der Waals surface area contributed by atoms with Crippen molar-refractivity contribution in [3.8, 4) is 11.3 Å². The fourth-order valence-electron chi connectivity index (χ4n) is 5.73. The quantitative estimate of drug-likeness (QED) is 0.411. The number of aliphatic hydroxyl groups excluding tert-OH is 1. The zero-order chi connectivity index (χ0) is 26.9. The molecule has 1 aliphatic carbocycles. The van der Waals surface area contributed by atoms with Gasteiger partial charge in [0.05, 0.1) is 42.2 Å². The summed E-state index contributed by atoms with van der Waals surface area (Å²) in [6.07, 6.45) is 6.51. The molecule has 2 aliphatic rings. The number of morpholine rings is 1.